The van der Waals surface area contributed by atoms with E-state index in [4.69, 9.17) is 9.52 Å². The normalized spacial score (nSPS) is 13.3. The van der Waals surface area contributed by atoms with E-state index in [-0.39, 0.29) is 40.7 Å². The van der Waals surface area contributed by atoms with Crippen molar-refractivity contribution in [1.82, 2.24) is 0 Å². The summed E-state index contributed by atoms with van der Waals surface area (Å²) in [5.41, 5.74) is 3.39. The molecule has 1 aromatic carbocycles. The van der Waals surface area contributed by atoms with Crippen molar-refractivity contribution in [1.29, 1.82) is 0 Å². The first kappa shape index (κ1) is 17.0. The summed E-state index contributed by atoms with van der Waals surface area (Å²) in [6, 6.07) is 2.92. The number of aryl methyl sites for hydroxylation is 1. The fourth-order valence-corrected chi connectivity index (χ4v) is 3.07. The molecule has 0 fully saturated rings. The van der Waals surface area contributed by atoms with Crippen LogP contribution in [0.3, 0.4) is 0 Å². The second-order valence-electron chi connectivity index (χ2n) is 5.35. The largest absolute Gasteiger partial charge is 0.475 e. The molecular formula is C17H16NaO4. The number of allylic oxidation sites excluding steroid dienone is 1. The summed E-state index contributed by atoms with van der Waals surface area (Å²) >= 11 is 0. The molecule has 1 aromatic heterocycles. The molecule has 1 heterocycles. The standard InChI is InChI=1S/C17H16O4.Na/c1-2-5-12-11-7-4-3-6-10(11)8-13-14(18)9-15(17(19)20)21-16(12)13;/h2,8-9H,1,3-7H2,(H,19,20);. The van der Waals surface area contributed by atoms with E-state index in [9.17, 15) is 9.59 Å². The van der Waals surface area contributed by atoms with Gasteiger partial charge in [-0.15, -0.1) is 6.58 Å². The van der Waals surface area contributed by atoms with Crippen molar-refractivity contribution >= 4 is 46.5 Å². The van der Waals surface area contributed by atoms with E-state index in [0.29, 0.717) is 17.4 Å². The van der Waals surface area contributed by atoms with Crippen LogP contribution >= 0.6 is 0 Å². The van der Waals surface area contributed by atoms with Gasteiger partial charge in [0.2, 0.25) is 5.76 Å². The van der Waals surface area contributed by atoms with Gasteiger partial charge in [0.05, 0.1) is 5.39 Å². The maximum atomic E-state index is 12.2. The second kappa shape index (κ2) is 6.82. The van der Waals surface area contributed by atoms with Gasteiger partial charge in [-0.25, -0.2) is 4.79 Å². The van der Waals surface area contributed by atoms with E-state index < -0.39 is 5.97 Å². The van der Waals surface area contributed by atoms with Crippen LogP contribution in [0.25, 0.3) is 11.0 Å². The smallest absolute Gasteiger partial charge is 0.371 e. The Hall–Kier alpha value is -1.36. The van der Waals surface area contributed by atoms with Gasteiger partial charge in [-0.2, -0.15) is 0 Å². The number of carboxylic acid groups (broad SMARTS) is 1. The zero-order valence-corrected chi connectivity index (χ0v) is 14.6. The number of hydrogen-bond acceptors (Lipinski definition) is 3. The minimum atomic E-state index is -1.23. The van der Waals surface area contributed by atoms with E-state index in [0.717, 1.165) is 37.3 Å². The minimum Gasteiger partial charge on any atom is -0.475 e. The molecule has 4 nitrogen and oxygen atoms in total. The van der Waals surface area contributed by atoms with Crippen molar-refractivity contribution in [2.24, 2.45) is 0 Å². The zero-order chi connectivity index (χ0) is 15.0. The summed E-state index contributed by atoms with van der Waals surface area (Å²) in [7, 11) is 0. The average molecular weight is 307 g/mol. The molecule has 0 aliphatic heterocycles. The molecule has 1 radical (unpaired) electrons. The van der Waals surface area contributed by atoms with Crippen LogP contribution in [0, 0.1) is 0 Å². The second-order valence-corrected chi connectivity index (χ2v) is 5.35. The molecule has 0 bridgehead atoms. The number of fused-ring (bicyclic) bond motifs is 2. The molecule has 0 amide bonds. The topological polar surface area (TPSA) is 67.5 Å². The maximum Gasteiger partial charge on any atom is 0.371 e. The molecule has 0 unspecified atom stereocenters. The minimum absolute atomic E-state index is 0. The molecule has 5 heteroatoms. The van der Waals surface area contributed by atoms with Crippen molar-refractivity contribution in [3.05, 3.63) is 57.5 Å². The average Bonchev–Trinajstić information content (AvgIpc) is 2.47. The summed E-state index contributed by atoms with van der Waals surface area (Å²) in [5.74, 6) is -1.54. The van der Waals surface area contributed by atoms with Crippen molar-refractivity contribution in [2.75, 3.05) is 0 Å². The first-order chi connectivity index (χ1) is 10.1. The van der Waals surface area contributed by atoms with Crippen LogP contribution in [0.4, 0.5) is 0 Å². The van der Waals surface area contributed by atoms with Crippen LogP contribution in [0.2, 0.25) is 0 Å². The van der Waals surface area contributed by atoms with Gasteiger partial charge in [0, 0.05) is 41.2 Å². The van der Waals surface area contributed by atoms with Crippen LogP contribution in [0.15, 0.2) is 34.0 Å². The predicted octanol–water partition coefficient (Wildman–Crippen LogP) is 2.72. The summed E-state index contributed by atoms with van der Waals surface area (Å²) in [6.45, 7) is 3.76. The Kier molecular flexibility index (Phi) is 5.27. The Morgan fingerprint density at radius 1 is 1.32 bits per heavy atom. The predicted molar refractivity (Wildman–Crippen MR) is 85.7 cm³/mol. The first-order valence-electron chi connectivity index (χ1n) is 7.07. The Labute approximate surface area is 150 Å². The SMILES string of the molecule is C=CCc1c2c(cc3c(=O)cc(C(=O)O)oc13)CCCC2.[Na]. The molecule has 1 N–H and O–H groups in total. The third-order valence-electron chi connectivity index (χ3n) is 4.01. The maximum absolute atomic E-state index is 12.2. The molecule has 3 rings (SSSR count). The van der Waals surface area contributed by atoms with Gasteiger partial charge >= 0.3 is 5.97 Å². The van der Waals surface area contributed by atoms with E-state index >= 15 is 0 Å². The first-order valence-corrected chi connectivity index (χ1v) is 7.07. The van der Waals surface area contributed by atoms with E-state index in [1.807, 2.05) is 6.07 Å². The summed E-state index contributed by atoms with van der Waals surface area (Å²) in [4.78, 5) is 23.3. The summed E-state index contributed by atoms with van der Waals surface area (Å²) in [5, 5.41) is 9.55. The summed E-state index contributed by atoms with van der Waals surface area (Å²) in [6.07, 6.45) is 6.45. The Morgan fingerprint density at radius 3 is 2.73 bits per heavy atom. The monoisotopic (exact) mass is 307 g/mol. The number of hydrogen-bond donors (Lipinski definition) is 1. The molecule has 2 aromatic rings. The van der Waals surface area contributed by atoms with Gasteiger partial charge in [-0.1, -0.05) is 6.08 Å². The Balaban J connectivity index is 0.00000176. The van der Waals surface area contributed by atoms with Crippen molar-refractivity contribution in [3.63, 3.8) is 0 Å². The fourth-order valence-electron chi connectivity index (χ4n) is 3.07. The van der Waals surface area contributed by atoms with Crippen LogP contribution in [0.5, 0.6) is 0 Å². The van der Waals surface area contributed by atoms with Crippen LogP contribution in [0.1, 0.15) is 40.1 Å². The molecule has 22 heavy (non-hydrogen) atoms. The number of aromatic carboxylic acids is 1. The Bertz CT molecular complexity index is 804. The molecule has 1 aliphatic rings. The van der Waals surface area contributed by atoms with Crippen molar-refractivity contribution < 1.29 is 14.3 Å². The van der Waals surface area contributed by atoms with Crippen molar-refractivity contribution in [2.45, 2.75) is 32.1 Å². The zero-order valence-electron chi connectivity index (χ0n) is 12.6. The Morgan fingerprint density at radius 2 is 2.05 bits per heavy atom. The molecular weight excluding hydrogens is 291 g/mol. The molecule has 109 valence electrons. The summed E-state index contributed by atoms with van der Waals surface area (Å²) < 4.78 is 5.51. The third kappa shape index (κ3) is 2.91. The number of rotatable bonds is 3. The van der Waals surface area contributed by atoms with Gasteiger partial charge in [-0.3, -0.25) is 4.79 Å². The van der Waals surface area contributed by atoms with Gasteiger partial charge in [0.15, 0.2) is 5.43 Å². The van der Waals surface area contributed by atoms with Gasteiger partial charge in [0.1, 0.15) is 5.58 Å². The number of benzene rings is 1. The quantitative estimate of drug-likeness (QED) is 0.699. The van der Waals surface area contributed by atoms with E-state index in [2.05, 4.69) is 6.58 Å². The third-order valence-corrected chi connectivity index (χ3v) is 4.01. The van der Waals surface area contributed by atoms with Crippen molar-refractivity contribution in [3.8, 4) is 0 Å². The van der Waals surface area contributed by atoms with E-state index in [1.54, 1.807) is 6.08 Å². The van der Waals surface area contributed by atoms with Gasteiger partial charge in [0.25, 0.3) is 0 Å². The van der Waals surface area contributed by atoms with E-state index in [1.165, 1.54) is 11.1 Å². The van der Waals surface area contributed by atoms with Crippen LogP contribution in [-0.4, -0.2) is 40.6 Å². The van der Waals surface area contributed by atoms with Crippen LogP contribution in [-0.2, 0) is 19.3 Å². The fraction of sp³-hybridized carbons (Fsp3) is 0.294. The van der Waals surface area contributed by atoms with Gasteiger partial charge in [-0.05, 0) is 49.3 Å². The number of carbonyl (C=O) groups is 1. The molecule has 1 aliphatic carbocycles. The molecule has 0 atom stereocenters. The molecule has 0 saturated carbocycles. The van der Waals surface area contributed by atoms with Crippen LogP contribution < -0.4 is 5.43 Å². The molecule has 0 saturated heterocycles. The molecule has 0 spiro atoms. The number of carboxylic acids is 1. The van der Waals surface area contributed by atoms with Gasteiger partial charge < -0.3 is 9.52 Å².